The summed E-state index contributed by atoms with van der Waals surface area (Å²) in [7, 11) is -1.33. The number of likely N-dealkylation sites (N-methyl/N-ethyl adjacent to an activating group) is 1. The molecule has 0 bridgehead atoms. The smallest absolute Gasteiger partial charge is 0.279 e. The maximum atomic E-state index is 12.3. The van der Waals surface area contributed by atoms with Gasteiger partial charge in [-0.1, -0.05) is 6.92 Å². The van der Waals surface area contributed by atoms with Crippen LogP contribution in [0.15, 0.2) is 0 Å². The molecule has 2 N–H and O–H groups in total. The zero-order valence-corrected chi connectivity index (χ0v) is 14.7. The molecule has 0 radical (unpaired) electrons. The van der Waals surface area contributed by atoms with Gasteiger partial charge in [0.25, 0.3) is 10.2 Å². The van der Waals surface area contributed by atoms with Crippen molar-refractivity contribution >= 4 is 10.2 Å². The Hall–Kier alpha value is -0.210. The van der Waals surface area contributed by atoms with Gasteiger partial charge in [-0.25, -0.2) is 4.72 Å². The molecule has 1 heterocycles. The minimum Gasteiger partial charge on any atom is -0.317 e. The molecule has 0 aromatic carbocycles. The molecule has 0 amide bonds. The first kappa shape index (κ1) is 18.8. The highest BCUT2D eigenvalue weighted by molar-refractivity contribution is 7.87. The van der Waals surface area contributed by atoms with Crippen LogP contribution in [0.2, 0.25) is 0 Å². The highest BCUT2D eigenvalue weighted by Gasteiger charge is 2.28. The lowest BCUT2D eigenvalue weighted by molar-refractivity contribution is 0.254. The van der Waals surface area contributed by atoms with Crippen molar-refractivity contribution in [2.75, 3.05) is 46.3 Å². The summed E-state index contributed by atoms with van der Waals surface area (Å²) < 4.78 is 29.0. The van der Waals surface area contributed by atoms with E-state index in [9.17, 15) is 8.42 Å². The average molecular weight is 321 g/mol. The second kappa shape index (κ2) is 9.05. The van der Waals surface area contributed by atoms with E-state index in [4.69, 9.17) is 0 Å². The molecule has 1 unspecified atom stereocenters. The molecule has 0 aromatic heterocycles. The number of rotatable bonds is 9. The van der Waals surface area contributed by atoms with E-state index in [0.29, 0.717) is 31.6 Å². The van der Waals surface area contributed by atoms with Crippen LogP contribution in [0.25, 0.3) is 0 Å². The van der Waals surface area contributed by atoms with Crippen molar-refractivity contribution in [3.05, 3.63) is 0 Å². The quantitative estimate of drug-likeness (QED) is 0.649. The summed E-state index contributed by atoms with van der Waals surface area (Å²) in [5.74, 6) is 0.425. The lowest BCUT2D eigenvalue weighted by Crippen LogP contribution is -2.49. The normalized spacial score (nSPS) is 21.3. The van der Waals surface area contributed by atoms with Crippen LogP contribution in [-0.4, -0.2) is 70.0 Å². The second-order valence-corrected chi connectivity index (χ2v) is 7.90. The molecule has 126 valence electrons. The van der Waals surface area contributed by atoms with Crippen molar-refractivity contribution in [2.24, 2.45) is 5.92 Å². The maximum Gasteiger partial charge on any atom is 0.279 e. The molecular formula is C14H32N4O2S. The minimum atomic E-state index is -3.33. The Labute approximate surface area is 130 Å². The number of nitrogens with one attached hydrogen (secondary N) is 2. The molecule has 1 rings (SSSR count). The van der Waals surface area contributed by atoms with E-state index in [1.807, 2.05) is 7.05 Å². The topological polar surface area (TPSA) is 64.7 Å². The van der Waals surface area contributed by atoms with Crippen LogP contribution in [0.3, 0.4) is 0 Å². The van der Waals surface area contributed by atoms with Crippen LogP contribution in [0.1, 0.15) is 33.6 Å². The molecular weight excluding hydrogens is 288 g/mol. The molecule has 1 aliphatic rings. The van der Waals surface area contributed by atoms with E-state index < -0.39 is 10.2 Å². The lowest BCUT2D eigenvalue weighted by Gasteiger charge is -2.32. The first-order chi connectivity index (χ1) is 9.86. The van der Waals surface area contributed by atoms with Gasteiger partial charge < -0.3 is 10.2 Å². The Bertz CT molecular complexity index is 386. The van der Waals surface area contributed by atoms with Crippen LogP contribution in [0, 0.1) is 5.92 Å². The summed E-state index contributed by atoms with van der Waals surface area (Å²) in [5.41, 5.74) is 0. The fraction of sp³-hybridized carbons (Fsp3) is 1.00. The predicted octanol–water partition coefficient (Wildman–Crippen LogP) is 0.483. The van der Waals surface area contributed by atoms with Crippen molar-refractivity contribution in [2.45, 2.75) is 39.7 Å². The van der Waals surface area contributed by atoms with E-state index in [2.05, 4.69) is 35.7 Å². The third-order valence-corrected chi connectivity index (χ3v) is 5.72. The Morgan fingerprint density at radius 1 is 1.38 bits per heavy atom. The zero-order chi connectivity index (χ0) is 15.9. The molecule has 1 aliphatic heterocycles. The number of hydrogen-bond acceptors (Lipinski definition) is 4. The van der Waals surface area contributed by atoms with E-state index in [0.717, 1.165) is 32.5 Å². The fourth-order valence-corrected chi connectivity index (χ4v) is 3.77. The van der Waals surface area contributed by atoms with Gasteiger partial charge in [0.05, 0.1) is 0 Å². The van der Waals surface area contributed by atoms with Gasteiger partial charge in [0.1, 0.15) is 0 Å². The van der Waals surface area contributed by atoms with Gasteiger partial charge in [-0.2, -0.15) is 12.7 Å². The molecule has 0 spiro atoms. The third kappa shape index (κ3) is 6.61. The zero-order valence-electron chi connectivity index (χ0n) is 13.9. The summed E-state index contributed by atoms with van der Waals surface area (Å²) in [6.45, 7) is 10.6. The van der Waals surface area contributed by atoms with E-state index in [1.54, 1.807) is 4.31 Å². The van der Waals surface area contributed by atoms with Crippen LogP contribution in [-0.2, 0) is 10.2 Å². The Kier molecular flexibility index (Phi) is 8.12. The SMILES string of the molecule is CCNCC1CCCN(S(=O)(=O)NCCN(C)C(C)C)C1. The first-order valence-electron chi connectivity index (χ1n) is 8.02. The Balaban J connectivity index is 2.42. The van der Waals surface area contributed by atoms with Crippen LogP contribution in [0.5, 0.6) is 0 Å². The maximum absolute atomic E-state index is 12.3. The van der Waals surface area contributed by atoms with Gasteiger partial charge in [0.2, 0.25) is 0 Å². The summed E-state index contributed by atoms with van der Waals surface area (Å²) in [6, 6.07) is 0.425. The van der Waals surface area contributed by atoms with Gasteiger partial charge in [-0.15, -0.1) is 0 Å². The molecule has 0 aromatic rings. The molecule has 0 aliphatic carbocycles. The number of nitrogens with zero attached hydrogens (tertiary/aromatic N) is 2. The first-order valence-corrected chi connectivity index (χ1v) is 9.46. The second-order valence-electron chi connectivity index (χ2n) is 6.15. The van der Waals surface area contributed by atoms with Gasteiger partial charge in [-0.05, 0) is 52.7 Å². The third-order valence-electron chi connectivity index (χ3n) is 4.14. The van der Waals surface area contributed by atoms with Crippen molar-refractivity contribution in [3.8, 4) is 0 Å². The van der Waals surface area contributed by atoms with Crippen molar-refractivity contribution in [1.82, 2.24) is 19.2 Å². The molecule has 7 heteroatoms. The minimum absolute atomic E-state index is 0.425. The highest BCUT2D eigenvalue weighted by atomic mass is 32.2. The Morgan fingerprint density at radius 3 is 2.71 bits per heavy atom. The van der Waals surface area contributed by atoms with Gasteiger partial charge >= 0.3 is 0 Å². The largest absolute Gasteiger partial charge is 0.317 e. The van der Waals surface area contributed by atoms with Crippen LogP contribution < -0.4 is 10.0 Å². The van der Waals surface area contributed by atoms with Crippen molar-refractivity contribution in [3.63, 3.8) is 0 Å². The van der Waals surface area contributed by atoms with Gasteiger partial charge in [0, 0.05) is 32.2 Å². The molecule has 1 saturated heterocycles. The summed E-state index contributed by atoms with van der Waals surface area (Å²) in [6.07, 6.45) is 2.05. The summed E-state index contributed by atoms with van der Waals surface area (Å²) in [5, 5.41) is 3.31. The van der Waals surface area contributed by atoms with E-state index >= 15 is 0 Å². The molecule has 6 nitrogen and oxygen atoms in total. The fourth-order valence-electron chi connectivity index (χ4n) is 2.46. The van der Waals surface area contributed by atoms with Crippen molar-refractivity contribution in [1.29, 1.82) is 0 Å². The number of hydrogen-bond donors (Lipinski definition) is 2. The Morgan fingerprint density at radius 2 is 2.10 bits per heavy atom. The van der Waals surface area contributed by atoms with Crippen molar-refractivity contribution < 1.29 is 8.42 Å². The summed E-state index contributed by atoms with van der Waals surface area (Å²) in [4.78, 5) is 2.13. The van der Waals surface area contributed by atoms with Crippen LogP contribution in [0.4, 0.5) is 0 Å². The standard InChI is InChI=1S/C14H32N4O2S/c1-5-15-11-14-7-6-9-18(12-14)21(19,20)16-8-10-17(4)13(2)3/h13-16H,5-12H2,1-4H3. The summed E-state index contributed by atoms with van der Waals surface area (Å²) >= 11 is 0. The molecule has 1 fully saturated rings. The lowest BCUT2D eigenvalue weighted by atomic mass is 10.00. The number of piperidine rings is 1. The molecule has 21 heavy (non-hydrogen) atoms. The van der Waals surface area contributed by atoms with Gasteiger partial charge in [0.15, 0.2) is 0 Å². The van der Waals surface area contributed by atoms with E-state index in [-0.39, 0.29) is 0 Å². The molecule has 1 atom stereocenters. The van der Waals surface area contributed by atoms with Crippen LogP contribution >= 0.6 is 0 Å². The average Bonchev–Trinajstić information content (AvgIpc) is 2.45. The monoisotopic (exact) mass is 320 g/mol. The highest BCUT2D eigenvalue weighted by Crippen LogP contribution is 2.17. The predicted molar refractivity (Wildman–Crippen MR) is 87.5 cm³/mol. The van der Waals surface area contributed by atoms with Gasteiger partial charge in [-0.3, -0.25) is 0 Å². The van der Waals surface area contributed by atoms with E-state index in [1.165, 1.54) is 0 Å². The molecule has 0 saturated carbocycles.